The van der Waals surface area contributed by atoms with E-state index in [0.29, 0.717) is 48.0 Å². The van der Waals surface area contributed by atoms with E-state index in [0.717, 1.165) is 22.1 Å². The third-order valence-corrected chi connectivity index (χ3v) is 6.16. The number of nitriles is 1. The molecule has 7 heteroatoms. The van der Waals surface area contributed by atoms with Crippen LogP contribution in [0.5, 0.6) is 0 Å². The zero-order valence-electron chi connectivity index (χ0n) is 14.9. The van der Waals surface area contributed by atoms with Crippen LogP contribution in [0.1, 0.15) is 26.4 Å². The lowest BCUT2D eigenvalue weighted by Gasteiger charge is -2.27. The van der Waals surface area contributed by atoms with E-state index in [1.165, 1.54) is 6.07 Å². The van der Waals surface area contributed by atoms with Gasteiger partial charge in [0.25, 0.3) is 0 Å². The van der Waals surface area contributed by atoms with Gasteiger partial charge in [-0.25, -0.2) is 9.18 Å². The van der Waals surface area contributed by atoms with Crippen LogP contribution in [-0.2, 0) is 11.2 Å². The smallest absolute Gasteiger partial charge is 0.346 e. The van der Waals surface area contributed by atoms with Crippen LogP contribution in [0.3, 0.4) is 0 Å². The molecule has 5 nitrogen and oxygen atoms in total. The van der Waals surface area contributed by atoms with Gasteiger partial charge in [0.2, 0.25) is 0 Å². The van der Waals surface area contributed by atoms with Gasteiger partial charge in [0.05, 0.1) is 18.8 Å². The van der Waals surface area contributed by atoms with Gasteiger partial charge in [0.15, 0.2) is 0 Å². The van der Waals surface area contributed by atoms with Crippen molar-refractivity contribution in [2.24, 2.45) is 0 Å². The third-order valence-electron chi connectivity index (χ3n) is 4.87. The fourth-order valence-electron chi connectivity index (χ4n) is 3.48. The fraction of sp³-hybridized carbons (Fsp3) is 0.238. The molecule has 0 bridgehead atoms. The molecule has 1 aliphatic heterocycles. The Morgan fingerprint density at radius 1 is 1.25 bits per heavy atom. The number of carbonyl (C=O) groups is 1. The first-order valence-corrected chi connectivity index (χ1v) is 9.69. The number of nitrogens with zero attached hydrogens (tertiary/aromatic N) is 2. The lowest BCUT2D eigenvalue weighted by atomic mass is 9.98. The van der Waals surface area contributed by atoms with Crippen molar-refractivity contribution in [3.63, 3.8) is 0 Å². The molecule has 2 heterocycles. The van der Waals surface area contributed by atoms with Crippen LogP contribution in [-0.4, -0.2) is 37.4 Å². The number of morpholine rings is 1. The Hall–Kier alpha value is -2.95. The van der Waals surface area contributed by atoms with Crippen LogP contribution in [0.15, 0.2) is 36.4 Å². The summed E-state index contributed by atoms with van der Waals surface area (Å²) in [5, 5.41) is 21.7. The number of fused-ring (bicyclic) bond motifs is 1. The van der Waals surface area contributed by atoms with Crippen LogP contribution in [0.25, 0.3) is 10.8 Å². The Morgan fingerprint density at radius 2 is 1.93 bits per heavy atom. The van der Waals surface area contributed by atoms with Gasteiger partial charge in [-0.1, -0.05) is 24.3 Å². The van der Waals surface area contributed by atoms with E-state index in [4.69, 9.17) is 4.74 Å². The number of hydrogen-bond donors (Lipinski definition) is 1. The highest BCUT2D eigenvalue weighted by Crippen LogP contribution is 2.38. The first kappa shape index (κ1) is 18.4. The average molecular weight is 396 g/mol. The summed E-state index contributed by atoms with van der Waals surface area (Å²) in [5.74, 6) is -1.50. The molecular weight excluding hydrogens is 379 g/mol. The highest BCUT2D eigenvalue weighted by molar-refractivity contribution is 7.18. The molecule has 1 saturated heterocycles. The van der Waals surface area contributed by atoms with Crippen molar-refractivity contribution in [3.05, 3.63) is 63.8 Å². The summed E-state index contributed by atoms with van der Waals surface area (Å²) in [6.45, 7) is 2.25. The highest BCUT2D eigenvalue weighted by atomic mass is 32.1. The molecule has 0 unspecified atom stereocenters. The molecule has 1 fully saturated rings. The van der Waals surface area contributed by atoms with E-state index in [2.05, 4.69) is 6.07 Å². The number of anilines is 1. The summed E-state index contributed by atoms with van der Waals surface area (Å²) < 4.78 is 20.0. The summed E-state index contributed by atoms with van der Waals surface area (Å²) in [5.41, 5.74) is 1.07. The number of rotatable bonds is 4. The predicted molar refractivity (Wildman–Crippen MR) is 106 cm³/mol. The van der Waals surface area contributed by atoms with Gasteiger partial charge in [-0.15, -0.1) is 11.3 Å². The number of aromatic carboxylic acids is 1. The normalized spacial score (nSPS) is 14.2. The zero-order valence-corrected chi connectivity index (χ0v) is 15.8. The molecule has 1 N–H and O–H groups in total. The van der Waals surface area contributed by atoms with Crippen molar-refractivity contribution in [1.82, 2.24) is 0 Å². The molecule has 0 radical (unpaired) electrons. The summed E-state index contributed by atoms with van der Waals surface area (Å²) >= 11 is 1.08. The predicted octanol–water partition coefficient (Wildman–Crippen LogP) is 4.04. The molecule has 0 atom stereocenters. The van der Waals surface area contributed by atoms with Crippen molar-refractivity contribution < 1.29 is 19.0 Å². The number of thiophene rings is 1. The summed E-state index contributed by atoms with van der Waals surface area (Å²) in [6.07, 6.45) is 0.0576. The van der Waals surface area contributed by atoms with Crippen molar-refractivity contribution in [3.8, 4) is 6.07 Å². The van der Waals surface area contributed by atoms with Crippen molar-refractivity contribution in [2.75, 3.05) is 31.2 Å². The maximum absolute atomic E-state index is 14.7. The fourth-order valence-corrected chi connectivity index (χ4v) is 4.64. The van der Waals surface area contributed by atoms with Crippen LogP contribution in [0.2, 0.25) is 0 Å². The van der Waals surface area contributed by atoms with Crippen molar-refractivity contribution >= 4 is 33.1 Å². The lowest BCUT2D eigenvalue weighted by molar-refractivity contribution is 0.0701. The van der Waals surface area contributed by atoms with Gasteiger partial charge in [0, 0.05) is 25.1 Å². The van der Waals surface area contributed by atoms with E-state index >= 15 is 0 Å². The Morgan fingerprint density at radius 3 is 2.57 bits per heavy atom. The minimum absolute atomic E-state index is 0.0576. The van der Waals surface area contributed by atoms with Gasteiger partial charge in [-0.2, -0.15) is 5.26 Å². The van der Waals surface area contributed by atoms with E-state index in [-0.39, 0.29) is 11.3 Å². The molecule has 0 spiro atoms. The molecule has 4 rings (SSSR count). The van der Waals surface area contributed by atoms with Gasteiger partial charge in [-0.3, -0.25) is 0 Å². The Balaban J connectivity index is 1.80. The zero-order chi connectivity index (χ0) is 19.7. The third kappa shape index (κ3) is 3.33. The largest absolute Gasteiger partial charge is 0.477 e. The second-order valence-electron chi connectivity index (χ2n) is 6.57. The van der Waals surface area contributed by atoms with E-state index < -0.39 is 11.8 Å². The lowest BCUT2D eigenvalue weighted by Crippen LogP contribution is -2.36. The monoisotopic (exact) mass is 396 g/mol. The van der Waals surface area contributed by atoms with Gasteiger partial charge >= 0.3 is 5.97 Å². The maximum atomic E-state index is 14.7. The molecule has 0 aliphatic carbocycles. The maximum Gasteiger partial charge on any atom is 0.346 e. The number of carboxylic acid groups (broad SMARTS) is 1. The SMILES string of the molecule is N#Cc1c(N2CCOCC2)sc(C(=O)O)c1Cc1cc2ccccc2cc1F. The number of halogens is 1. The number of carboxylic acids is 1. The highest BCUT2D eigenvalue weighted by Gasteiger charge is 2.27. The molecular formula is C21H17FN2O3S. The number of hydrogen-bond acceptors (Lipinski definition) is 5. The summed E-state index contributed by atoms with van der Waals surface area (Å²) in [7, 11) is 0. The number of benzene rings is 2. The summed E-state index contributed by atoms with van der Waals surface area (Å²) in [4.78, 5) is 13.9. The van der Waals surface area contributed by atoms with Crippen molar-refractivity contribution in [2.45, 2.75) is 6.42 Å². The molecule has 1 aliphatic rings. The molecule has 0 amide bonds. The van der Waals surface area contributed by atoms with E-state index in [1.54, 1.807) is 6.07 Å². The molecule has 2 aromatic carbocycles. The van der Waals surface area contributed by atoms with Crippen LogP contribution >= 0.6 is 11.3 Å². The minimum Gasteiger partial charge on any atom is -0.477 e. The summed E-state index contributed by atoms with van der Waals surface area (Å²) in [6, 6.07) is 12.7. The first-order chi connectivity index (χ1) is 13.6. The Labute approximate surface area is 165 Å². The molecule has 142 valence electrons. The second-order valence-corrected chi connectivity index (χ2v) is 7.57. The standard InChI is InChI=1S/C21H17FN2O3S/c22-18-11-14-4-2-1-3-13(14)9-15(18)10-16-17(12-23)20(28-19(16)21(25)26)24-5-7-27-8-6-24/h1-4,9,11H,5-8,10H2,(H,25,26). The number of ether oxygens (including phenoxy) is 1. The van der Waals surface area contributed by atoms with E-state index in [1.807, 2.05) is 29.2 Å². The molecule has 28 heavy (non-hydrogen) atoms. The average Bonchev–Trinajstić information content (AvgIpc) is 3.08. The molecule has 1 aromatic heterocycles. The van der Waals surface area contributed by atoms with Gasteiger partial charge in [-0.05, 0) is 28.5 Å². The van der Waals surface area contributed by atoms with Crippen LogP contribution < -0.4 is 4.90 Å². The second kappa shape index (κ2) is 7.58. The van der Waals surface area contributed by atoms with Gasteiger partial charge < -0.3 is 14.7 Å². The van der Waals surface area contributed by atoms with Gasteiger partial charge in [0.1, 0.15) is 21.8 Å². The van der Waals surface area contributed by atoms with E-state index in [9.17, 15) is 19.6 Å². The quantitative estimate of drug-likeness (QED) is 0.721. The van der Waals surface area contributed by atoms with Crippen LogP contribution in [0, 0.1) is 17.1 Å². The van der Waals surface area contributed by atoms with Crippen LogP contribution in [0.4, 0.5) is 9.39 Å². The Kier molecular flexibility index (Phi) is 4.99. The topological polar surface area (TPSA) is 73.6 Å². The first-order valence-electron chi connectivity index (χ1n) is 8.87. The van der Waals surface area contributed by atoms with Crippen molar-refractivity contribution in [1.29, 1.82) is 5.26 Å². The molecule has 3 aromatic rings. The molecule has 0 saturated carbocycles. The minimum atomic E-state index is -1.10. The Bertz CT molecular complexity index is 1100.